The lowest BCUT2D eigenvalue weighted by Gasteiger charge is -2.15. The van der Waals surface area contributed by atoms with E-state index in [9.17, 15) is 14.4 Å². The van der Waals surface area contributed by atoms with E-state index >= 15 is 0 Å². The van der Waals surface area contributed by atoms with E-state index in [0.29, 0.717) is 16.7 Å². The van der Waals surface area contributed by atoms with Crippen LogP contribution in [0.1, 0.15) is 26.0 Å². The summed E-state index contributed by atoms with van der Waals surface area (Å²) in [5, 5.41) is 3.23. The van der Waals surface area contributed by atoms with Gasteiger partial charge in [0.1, 0.15) is 12.3 Å². The van der Waals surface area contributed by atoms with Crippen LogP contribution in [0.15, 0.2) is 56.7 Å². The summed E-state index contributed by atoms with van der Waals surface area (Å²) in [5.41, 5.74) is -0.498. The Labute approximate surface area is 149 Å². The zero-order valence-electron chi connectivity index (χ0n) is 14.8. The number of hydrogen-bond donors (Lipinski definition) is 1. The van der Waals surface area contributed by atoms with E-state index in [2.05, 4.69) is 5.32 Å². The van der Waals surface area contributed by atoms with Crippen LogP contribution in [0, 0.1) is 0 Å². The van der Waals surface area contributed by atoms with E-state index in [0.717, 1.165) is 11.0 Å². The Hall–Kier alpha value is -3.09. The molecule has 0 aliphatic carbocycles. The topological polar surface area (TPSA) is 86.2 Å². The second-order valence-electron chi connectivity index (χ2n) is 6.23. The molecule has 0 radical (unpaired) electrons. The molecule has 2 aromatic heterocycles. The molecule has 2 heterocycles. The van der Waals surface area contributed by atoms with Gasteiger partial charge in [0.2, 0.25) is 5.91 Å². The summed E-state index contributed by atoms with van der Waals surface area (Å²) in [7, 11) is 0. The molecule has 0 aliphatic heterocycles. The van der Waals surface area contributed by atoms with E-state index in [4.69, 9.17) is 4.42 Å². The van der Waals surface area contributed by atoms with Crippen molar-refractivity contribution in [3.8, 4) is 0 Å². The van der Waals surface area contributed by atoms with Gasteiger partial charge < -0.3 is 9.73 Å². The van der Waals surface area contributed by atoms with E-state index in [1.807, 2.05) is 13.8 Å². The van der Waals surface area contributed by atoms with Crippen molar-refractivity contribution >= 4 is 16.8 Å². The van der Waals surface area contributed by atoms with E-state index in [1.54, 1.807) is 36.4 Å². The van der Waals surface area contributed by atoms with Crippen LogP contribution in [-0.2, 0) is 17.9 Å². The fraction of sp³-hybridized carbons (Fsp3) is 0.316. The van der Waals surface area contributed by atoms with Gasteiger partial charge in [0.25, 0.3) is 5.56 Å². The molecule has 0 fully saturated rings. The molecule has 3 rings (SSSR count). The average Bonchev–Trinajstić information content (AvgIpc) is 3.15. The molecule has 1 atom stereocenters. The molecule has 7 nitrogen and oxygen atoms in total. The van der Waals surface area contributed by atoms with Gasteiger partial charge >= 0.3 is 5.69 Å². The van der Waals surface area contributed by atoms with Gasteiger partial charge in [-0.1, -0.05) is 19.1 Å². The standard InChI is InChI=1S/C19H21N3O4/c1-3-13(2)20-17(23)12-21-16-9-5-4-8-15(16)18(24)22(19(21)25)11-14-7-6-10-26-14/h4-10,13H,3,11-12H2,1-2H3,(H,20,23)/t13-/m0/s1. The Morgan fingerprint density at radius 2 is 1.92 bits per heavy atom. The van der Waals surface area contributed by atoms with Crippen LogP contribution in [0.25, 0.3) is 10.9 Å². The van der Waals surface area contributed by atoms with Crippen LogP contribution in [-0.4, -0.2) is 21.1 Å². The number of hydrogen-bond acceptors (Lipinski definition) is 4. The molecule has 0 aliphatic rings. The number of rotatable bonds is 6. The minimum absolute atomic E-state index is 0.0125. The maximum Gasteiger partial charge on any atom is 0.332 e. The van der Waals surface area contributed by atoms with Gasteiger partial charge in [-0.05, 0) is 37.6 Å². The van der Waals surface area contributed by atoms with Crippen molar-refractivity contribution in [2.24, 2.45) is 0 Å². The van der Waals surface area contributed by atoms with Gasteiger partial charge in [-0.2, -0.15) is 0 Å². The van der Waals surface area contributed by atoms with Gasteiger partial charge in [0, 0.05) is 6.04 Å². The summed E-state index contributed by atoms with van der Waals surface area (Å²) in [6.07, 6.45) is 2.28. The number of carbonyl (C=O) groups is 1. The highest BCUT2D eigenvalue weighted by atomic mass is 16.3. The molecule has 1 amide bonds. The Morgan fingerprint density at radius 1 is 1.15 bits per heavy atom. The molecule has 26 heavy (non-hydrogen) atoms. The van der Waals surface area contributed by atoms with Crippen molar-refractivity contribution in [2.45, 2.75) is 39.4 Å². The second kappa shape index (κ2) is 7.43. The Balaban J connectivity index is 2.10. The summed E-state index contributed by atoms with van der Waals surface area (Å²) >= 11 is 0. The van der Waals surface area contributed by atoms with Gasteiger partial charge in [-0.3, -0.25) is 18.7 Å². The van der Waals surface area contributed by atoms with Crippen LogP contribution in [0.5, 0.6) is 0 Å². The molecule has 136 valence electrons. The minimum Gasteiger partial charge on any atom is -0.467 e. The fourth-order valence-electron chi connectivity index (χ4n) is 2.79. The monoisotopic (exact) mass is 355 g/mol. The lowest BCUT2D eigenvalue weighted by Crippen LogP contribution is -2.43. The van der Waals surface area contributed by atoms with Crippen LogP contribution in [0.4, 0.5) is 0 Å². The van der Waals surface area contributed by atoms with E-state index in [-0.39, 0.29) is 25.0 Å². The lowest BCUT2D eigenvalue weighted by molar-refractivity contribution is -0.122. The summed E-state index contributed by atoms with van der Waals surface area (Å²) in [4.78, 5) is 38.0. The number of nitrogens with one attached hydrogen (secondary N) is 1. The fourth-order valence-corrected chi connectivity index (χ4v) is 2.79. The molecule has 0 saturated carbocycles. The van der Waals surface area contributed by atoms with Crippen LogP contribution in [0.3, 0.4) is 0 Å². The van der Waals surface area contributed by atoms with Crippen molar-refractivity contribution in [3.63, 3.8) is 0 Å². The summed E-state index contributed by atoms with van der Waals surface area (Å²) in [6, 6.07) is 10.2. The molecular formula is C19H21N3O4. The lowest BCUT2D eigenvalue weighted by atomic mass is 10.2. The number of furan rings is 1. The van der Waals surface area contributed by atoms with E-state index < -0.39 is 11.2 Å². The predicted octanol–water partition coefficient (Wildman–Crippen LogP) is 1.72. The minimum atomic E-state index is -0.538. The van der Waals surface area contributed by atoms with Crippen molar-refractivity contribution in [2.75, 3.05) is 0 Å². The number of benzene rings is 1. The quantitative estimate of drug-likeness (QED) is 0.729. The molecule has 0 unspecified atom stereocenters. The van der Waals surface area contributed by atoms with Crippen molar-refractivity contribution in [3.05, 3.63) is 69.3 Å². The third kappa shape index (κ3) is 3.46. The highest BCUT2D eigenvalue weighted by Gasteiger charge is 2.16. The molecule has 1 N–H and O–H groups in total. The number of aromatic nitrogens is 2. The molecule has 1 aromatic carbocycles. The van der Waals surface area contributed by atoms with Crippen molar-refractivity contribution in [1.82, 2.24) is 14.5 Å². The van der Waals surface area contributed by atoms with E-state index in [1.165, 1.54) is 10.8 Å². The maximum atomic E-state index is 12.9. The highest BCUT2D eigenvalue weighted by molar-refractivity contribution is 5.81. The summed E-state index contributed by atoms with van der Waals surface area (Å²) < 4.78 is 7.69. The molecular weight excluding hydrogens is 334 g/mol. The van der Waals surface area contributed by atoms with Crippen molar-refractivity contribution < 1.29 is 9.21 Å². The molecule has 0 saturated heterocycles. The maximum absolute atomic E-state index is 12.9. The first-order chi connectivity index (χ1) is 12.5. The van der Waals surface area contributed by atoms with Gasteiger partial charge in [0.15, 0.2) is 0 Å². The van der Waals surface area contributed by atoms with Gasteiger partial charge in [0.05, 0.1) is 23.7 Å². The van der Waals surface area contributed by atoms with Gasteiger partial charge in [-0.15, -0.1) is 0 Å². The first-order valence-corrected chi connectivity index (χ1v) is 8.55. The summed E-state index contributed by atoms with van der Waals surface area (Å²) in [6.45, 7) is 3.73. The molecule has 0 bridgehead atoms. The molecule has 7 heteroatoms. The third-order valence-electron chi connectivity index (χ3n) is 4.35. The smallest absolute Gasteiger partial charge is 0.332 e. The van der Waals surface area contributed by atoms with Crippen LogP contribution >= 0.6 is 0 Å². The Bertz CT molecular complexity index is 1030. The highest BCUT2D eigenvalue weighted by Crippen LogP contribution is 2.09. The predicted molar refractivity (Wildman–Crippen MR) is 98.2 cm³/mol. The third-order valence-corrected chi connectivity index (χ3v) is 4.35. The number of para-hydroxylation sites is 1. The molecule has 3 aromatic rings. The Kier molecular flexibility index (Phi) is 5.06. The van der Waals surface area contributed by atoms with Crippen molar-refractivity contribution in [1.29, 1.82) is 0 Å². The zero-order valence-corrected chi connectivity index (χ0v) is 14.8. The normalized spacial score (nSPS) is 12.2. The molecule has 0 spiro atoms. The summed E-state index contributed by atoms with van der Waals surface area (Å²) in [5.74, 6) is 0.227. The largest absolute Gasteiger partial charge is 0.467 e. The average molecular weight is 355 g/mol. The number of amides is 1. The number of fused-ring (bicyclic) bond motifs is 1. The second-order valence-corrected chi connectivity index (χ2v) is 6.23. The first-order valence-electron chi connectivity index (χ1n) is 8.55. The SMILES string of the molecule is CC[C@H](C)NC(=O)Cn1c(=O)n(Cc2ccco2)c(=O)c2ccccc21. The zero-order chi connectivity index (χ0) is 18.7. The first kappa shape index (κ1) is 17.7. The van der Waals surface area contributed by atoms with Crippen LogP contribution in [0.2, 0.25) is 0 Å². The number of carbonyl (C=O) groups excluding carboxylic acids is 1. The van der Waals surface area contributed by atoms with Crippen LogP contribution < -0.4 is 16.6 Å². The number of nitrogens with zero attached hydrogens (tertiary/aromatic N) is 2. The van der Waals surface area contributed by atoms with Gasteiger partial charge in [-0.25, -0.2) is 4.79 Å². The Morgan fingerprint density at radius 3 is 2.62 bits per heavy atom.